The van der Waals surface area contributed by atoms with Crippen LogP contribution in [0.15, 0.2) is 36.4 Å². The van der Waals surface area contributed by atoms with Crippen molar-refractivity contribution < 1.29 is 28.6 Å². The van der Waals surface area contributed by atoms with Crippen LogP contribution in [-0.2, 0) is 10.4 Å². The van der Waals surface area contributed by atoms with Crippen molar-refractivity contribution in [1.29, 1.82) is 0 Å². The number of fused-ring (bicyclic) bond motifs is 1. The molecule has 3 rings (SSSR count). The first kappa shape index (κ1) is 16.9. The van der Waals surface area contributed by atoms with Crippen LogP contribution >= 0.6 is 0 Å². The Hall–Kier alpha value is -2.93. The molecule has 2 aromatic rings. The molecule has 1 heterocycles. The molecule has 0 aliphatic carbocycles. The maximum Gasteiger partial charge on any atom is 0.261 e. The van der Waals surface area contributed by atoms with Crippen molar-refractivity contribution in [2.24, 2.45) is 0 Å². The number of rotatable bonds is 5. The average molecular weight is 345 g/mol. The first-order chi connectivity index (χ1) is 11.9. The van der Waals surface area contributed by atoms with Gasteiger partial charge in [-0.25, -0.2) is 4.39 Å². The lowest BCUT2D eigenvalue weighted by atomic mass is 9.88. The van der Waals surface area contributed by atoms with Crippen LogP contribution in [0.4, 0.5) is 10.1 Å². The topological polar surface area (TPSA) is 84.9 Å². The van der Waals surface area contributed by atoms with E-state index >= 15 is 0 Å². The molecular weight excluding hydrogens is 329 g/mol. The van der Waals surface area contributed by atoms with Gasteiger partial charge in [-0.2, -0.15) is 0 Å². The molecule has 130 valence electrons. The minimum atomic E-state index is -2.12. The largest absolute Gasteiger partial charge is 0.493 e. The molecule has 2 aromatic carbocycles. The summed E-state index contributed by atoms with van der Waals surface area (Å²) in [5.74, 6) is -1.06. The van der Waals surface area contributed by atoms with Crippen molar-refractivity contribution in [2.45, 2.75) is 12.0 Å². The van der Waals surface area contributed by atoms with Crippen molar-refractivity contribution >= 4 is 17.4 Å². The molecule has 1 aliphatic heterocycles. The van der Waals surface area contributed by atoms with E-state index in [0.29, 0.717) is 11.5 Å². The van der Waals surface area contributed by atoms with Crippen LogP contribution in [0, 0.1) is 5.82 Å². The molecule has 0 bridgehead atoms. The Bertz CT molecular complexity index is 867. The number of anilines is 1. The van der Waals surface area contributed by atoms with Gasteiger partial charge in [0.15, 0.2) is 22.9 Å². The lowest BCUT2D eigenvalue weighted by Gasteiger charge is -2.20. The summed E-state index contributed by atoms with van der Waals surface area (Å²) < 4.78 is 23.8. The van der Waals surface area contributed by atoms with Gasteiger partial charge in [0, 0.05) is 16.8 Å². The fourth-order valence-corrected chi connectivity index (χ4v) is 2.84. The van der Waals surface area contributed by atoms with E-state index < -0.39 is 29.5 Å². The minimum Gasteiger partial charge on any atom is -0.493 e. The van der Waals surface area contributed by atoms with Crippen LogP contribution in [-0.4, -0.2) is 31.0 Å². The van der Waals surface area contributed by atoms with Gasteiger partial charge < -0.3 is 19.9 Å². The number of hydrogen-bond acceptors (Lipinski definition) is 5. The van der Waals surface area contributed by atoms with E-state index in [0.717, 1.165) is 6.07 Å². The quantitative estimate of drug-likeness (QED) is 0.812. The number of halogens is 1. The molecule has 0 fully saturated rings. The lowest BCUT2D eigenvalue weighted by molar-refractivity contribution is -0.133. The molecule has 0 saturated heterocycles. The second kappa shape index (κ2) is 6.18. The molecule has 0 aromatic heterocycles. The Morgan fingerprint density at radius 3 is 2.56 bits per heavy atom. The molecular formula is C18H16FNO5. The highest BCUT2D eigenvalue weighted by molar-refractivity contribution is 6.09. The molecule has 1 aliphatic rings. The molecule has 2 N–H and O–H groups in total. The summed E-state index contributed by atoms with van der Waals surface area (Å²) in [7, 11) is 2.90. The van der Waals surface area contributed by atoms with Gasteiger partial charge in [-0.15, -0.1) is 0 Å². The van der Waals surface area contributed by atoms with Gasteiger partial charge in [-0.1, -0.05) is 0 Å². The van der Waals surface area contributed by atoms with Crippen LogP contribution < -0.4 is 14.8 Å². The maximum absolute atomic E-state index is 13.5. The highest BCUT2D eigenvalue weighted by Gasteiger charge is 2.47. The summed E-state index contributed by atoms with van der Waals surface area (Å²) in [6.45, 7) is 0. The highest BCUT2D eigenvalue weighted by atomic mass is 19.1. The third-order valence-electron chi connectivity index (χ3n) is 4.17. The van der Waals surface area contributed by atoms with E-state index in [1.807, 2.05) is 0 Å². The monoisotopic (exact) mass is 345 g/mol. The van der Waals surface area contributed by atoms with E-state index in [2.05, 4.69) is 5.32 Å². The number of methoxy groups -OCH3 is 2. The van der Waals surface area contributed by atoms with Crippen molar-refractivity contribution in [2.75, 3.05) is 19.5 Å². The third-order valence-corrected chi connectivity index (χ3v) is 4.17. The molecule has 6 nitrogen and oxygen atoms in total. The van der Waals surface area contributed by atoms with Gasteiger partial charge in [0.2, 0.25) is 0 Å². The number of carbonyl (C=O) groups is 2. The predicted molar refractivity (Wildman–Crippen MR) is 87.4 cm³/mol. The van der Waals surface area contributed by atoms with Crippen molar-refractivity contribution in [3.63, 3.8) is 0 Å². The Morgan fingerprint density at radius 1 is 1.16 bits per heavy atom. The molecule has 1 amide bonds. The van der Waals surface area contributed by atoms with E-state index in [4.69, 9.17) is 9.47 Å². The number of ether oxygens (including phenoxy) is 2. The van der Waals surface area contributed by atoms with Crippen LogP contribution in [0.2, 0.25) is 0 Å². The number of ketones is 1. The van der Waals surface area contributed by atoms with E-state index in [1.165, 1.54) is 38.5 Å². The normalized spacial score (nSPS) is 18.5. The Labute approximate surface area is 143 Å². The van der Waals surface area contributed by atoms with Crippen molar-refractivity contribution in [1.82, 2.24) is 0 Å². The summed E-state index contributed by atoms with van der Waals surface area (Å²) in [6, 6.07) is 8.09. The molecule has 7 heteroatoms. The molecule has 25 heavy (non-hydrogen) atoms. The molecule has 1 atom stereocenters. The van der Waals surface area contributed by atoms with Gasteiger partial charge in [-0.3, -0.25) is 9.59 Å². The zero-order chi connectivity index (χ0) is 18.2. The number of Topliss-reactive ketones (excluding diaryl/α,β-unsaturated/α-hetero) is 1. The van der Waals surface area contributed by atoms with Crippen LogP contribution in [0.1, 0.15) is 22.3 Å². The summed E-state index contributed by atoms with van der Waals surface area (Å²) in [6.07, 6.45) is -0.523. The maximum atomic E-state index is 13.5. The smallest absolute Gasteiger partial charge is 0.261 e. The molecule has 1 unspecified atom stereocenters. The van der Waals surface area contributed by atoms with E-state index in [9.17, 15) is 19.1 Å². The summed E-state index contributed by atoms with van der Waals surface area (Å²) in [4.78, 5) is 24.8. The zero-order valence-electron chi connectivity index (χ0n) is 13.6. The Balaban J connectivity index is 1.93. The van der Waals surface area contributed by atoms with Crippen LogP contribution in [0.3, 0.4) is 0 Å². The zero-order valence-corrected chi connectivity index (χ0v) is 13.6. The number of benzene rings is 2. The lowest BCUT2D eigenvalue weighted by Crippen LogP contribution is -2.36. The standard InChI is InChI=1S/C18H16FNO5/c1-24-15-6-3-10(7-16(15)25-2)14(21)9-18(23)12-8-11(19)4-5-13(12)20-17(18)22/h3-8,23H,9H2,1-2H3,(H,20,22). The predicted octanol–water partition coefficient (Wildman–Crippen LogP) is 2.26. The number of nitrogens with one attached hydrogen (secondary N) is 1. The van der Waals surface area contributed by atoms with E-state index in [-0.39, 0.29) is 16.8 Å². The number of aliphatic hydroxyl groups is 1. The van der Waals surface area contributed by atoms with Gasteiger partial charge in [-0.05, 0) is 36.4 Å². The second-order valence-corrected chi connectivity index (χ2v) is 5.67. The second-order valence-electron chi connectivity index (χ2n) is 5.67. The highest BCUT2D eigenvalue weighted by Crippen LogP contribution is 2.39. The van der Waals surface area contributed by atoms with Crippen molar-refractivity contribution in [3.05, 3.63) is 53.3 Å². The van der Waals surface area contributed by atoms with Gasteiger partial charge in [0.05, 0.1) is 20.6 Å². The van der Waals surface area contributed by atoms with Gasteiger partial charge in [0.25, 0.3) is 5.91 Å². The van der Waals surface area contributed by atoms with Gasteiger partial charge >= 0.3 is 0 Å². The van der Waals surface area contributed by atoms with Crippen LogP contribution in [0.25, 0.3) is 0 Å². The Morgan fingerprint density at radius 2 is 1.88 bits per heavy atom. The first-order valence-corrected chi connectivity index (χ1v) is 7.48. The fourth-order valence-electron chi connectivity index (χ4n) is 2.84. The molecule has 0 spiro atoms. The fraction of sp³-hybridized carbons (Fsp3) is 0.222. The average Bonchev–Trinajstić information content (AvgIpc) is 2.84. The Kier molecular flexibility index (Phi) is 4.18. The van der Waals surface area contributed by atoms with E-state index in [1.54, 1.807) is 6.07 Å². The summed E-state index contributed by atoms with van der Waals surface area (Å²) >= 11 is 0. The SMILES string of the molecule is COc1ccc(C(=O)CC2(O)C(=O)Nc3ccc(F)cc32)cc1OC. The number of amides is 1. The number of carbonyl (C=O) groups excluding carboxylic acids is 2. The van der Waals surface area contributed by atoms with Gasteiger partial charge in [0.1, 0.15) is 5.82 Å². The number of hydrogen-bond donors (Lipinski definition) is 2. The minimum absolute atomic E-state index is 0.0475. The summed E-state index contributed by atoms with van der Waals surface area (Å²) in [5.41, 5.74) is -1.55. The molecule has 0 saturated carbocycles. The van der Waals surface area contributed by atoms with Crippen LogP contribution in [0.5, 0.6) is 11.5 Å². The first-order valence-electron chi connectivity index (χ1n) is 7.48. The summed E-state index contributed by atoms with van der Waals surface area (Å²) in [5, 5.41) is 13.2. The third kappa shape index (κ3) is 2.83. The van der Waals surface area contributed by atoms with Crippen molar-refractivity contribution in [3.8, 4) is 11.5 Å². The molecule has 0 radical (unpaired) electrons.